The van der Waals surface area contributed by atoms with E-state index >= 15 is 0 Å². The lowest BCUT2D eigenvalue weighted by Gasteiger charge is -2.17. The lowest BCUT2D eigenvalue weighted by Crippen LogP contribution is -2.11. The Hall–Kier alpha value is -2.03. The quantitative estimate of drug-likeness (QED) is 0.801. The average molecular weight is 242 g/mol. The van der Waals surface area contributed by atoms with E-state index in [9.17, 15) is 0 Å². The van der Waals surface area contributed by atoms with Crippen molar-refractivity contribution < 1.29 is 4.74 Å². The minimum Gasteiger partial charge on any atom is -0.490 e. The van der Waals surface area contributed by atoms with Crippen LogP contribution in [0.5, 0.6) is 5.75 Å². The Morgan fingerprint density at radius 3 is 2.89 bits per heavy atom. The summed E-state index contributed by atoms with van der Waals surface area (Å²) in [7, 11) is 0. The van der Waals surface area contributed by atoms with Crippen molar-refractivity contribution in [2.75, 3.05) is 0 Å². The van der Waals surface area contributed by atoms with E-state index in [-0.39, 0.29) is 6.10 Å². The van der Waals surface area contributed by atoms with Crippen LogP contribution in [0.25, 0.3) is 5.70 Å². The molecule has 0 amide bonds. The van der Waals surface area contributed by atoms with Crippen molar-refractivity contribution in [3.8, 4) is 5.75 Å². The highest BCUT2D eigenvalue weighted by atomic mass is 16.5. The summed E-state index contributed by atoms with van der Waals surface area (Å²) in [6.45, 7) is 8.28. The first kappa shape index (κ1) is 12.4. The average Bonchev–Trinajstić information content (AvgIpc) is 2.92. The van der Waals surface area contributed by atoms with Gasteiger partial charge in [-0.05, 0) is 25.5 Å². The van der Waals surface area contributed by atoms with Gasteiger partial charge in [-0.1, -0.05) is 25.6 Å². The molecule has 0 aliphatic heterocycles. The first-order valence-electron chi connectivity index (χ1n) is 6.15. The van der Waals surface area contributed by atoms with Gasteiger partial charge in [-0.15, -0.1) is 0 Å². The van der Waals surface area contributed by atoms with Crippen molar-refractivity contribution in [3.63, 3.8) is 0 Å². The van der Waals surface area contributed by atoms with E-state index in [2.05, 4.69) is 25.4 Å². The molecule has 3 nitrogen and oxygen atoms in total. The fourth-order valence-electron chi connectivity index (χ4n) is 1.67. The minimum atomic E-state index is 0.196. The second-order valence-corrected chi connectivity index (χ2v) is 4.25. The second kappa shape index (κ2) is 5.54. The number of benzene rings is 1. The minimum absolute atomic E-state index is 0.196. The molecule has 0 spiro atoms. The largest absolute Gasteiger partial charge is 0.490 e. The zero-order valence-electron chi connectivity index (χ0n) is 10.8. The summed E-state index contributed by atoms with van der Waals surface area (Å²) in [5, 5.41) is 0. The Morgan fingerprint density at radius 2 is 2.22 bits per heavy atom. The van der Waals surface area contributed by atoms with E-state index in [0.29, 0.717) is 0 Å². The molecular formula is C15H18N2O. The van der Waals surface area contributed by atoms with Crippen molar-refractivity contribution in [1.29, 1.82) is 0 Å². The molecular weight excluding hydrogens is 224 g/mol. The summed E-state index contributed by atoms with van der Waals surface area (Å²) in [6, 6.07) is 7.95. The molecule has 0 N–H and O–H groups in total. The molecule has 3 heteroatoms. The molecule has 1 heterocycles. The molecule has 94 valence electrons. The fraction of sp³-hybridized carbons (Fsp3) is 0.267. The number of para-hydroxylation sites is 1. The highest BCUT2D eigenvalue weighted by molar-refractivity contribution is 5.68. The molecule has 0 radical (unpaired) electrons. The molecule has 0 aliphatic carbocycles. The van der Waals surface area contributed by atoms with Gasteiger partial charge in [0.15, 0.2) is 0 Å². The third kappa shape index (κ3) is 2.62. The van der Waals surface area contributed by atoms with E-state index in [1.807, 2.05) is 35.0 Å². The second-order valence-electron chi connectivity index (χ2n) is 4.25. The third-order valence-electron chi connectivity index (χ3n) is 2.92. The van der Waals surface area contributed by atoms with Crippen LogP contribution in [0.4, 0.5) is 0 Å². The van der Waals surface area contributed by atoms with E-state index in [0.717, 1.165) is 23.4 Å². The molecule has 1 aromatic heterocycles. The van der Waals surface area contributed by atoms with Crippen LogP contribution in [0.3, 0.4) is 0 Å². The van der Waals surface area contributed by atoms with E-state index in [1.54, 1.807) is 12.5 Å². The number of rotatable bonds is 5. The van der Waals surface area contributed by atoms with Gasteiger partial charge in [-0.2, -0.15) is 0 Å². The van der Waals surface area contributed by atoms with Crippen LogP contribution >= 0.6 is 0 Å². The Morgan fingerprint density at radius 1 is 1.44 bits per heavy atom. The highest BCUT2D eigenvalue weighted by Gasteiger charge is 2.10. The van der Waals surface area contributed by atoms with Gasteiger partial charge in [-0.3, -0.25) is 0 Å². The van der Waals surface area contributed by atoms with Crippen LogP contribution in [0.1, 0.15) is 25.8 Å². The molecule has 0 saturated heterocycles. The summed E-state index contributed by atoms with van der Waals surface area (Å²) in [5.74, 6) is 0.866. The van der Waals surface area contributed by atoms with E-state index in [4.69, 9.17) is 4.74 Å². The van der Waals surface area contributed by atoms with Crippen LogP contribution in [0, 0.1) is 0 Å². The number of nitrogens with zero attached hydrogens (tertiary/aromatic N) is 2. The van der Waals surface area contributed by atoms with Crippen LogP contribution < -0.4 is 4.74 Å². The standard InChI is InChI=1S/C15H18N2O/c1-4-12(2)18-15-8-6-5-7-14(15)13(3)17-10-9-16-11-17/h5-12H,3-4H2,1-2H3. The Kier molecular flexibility index (Phi) is 3.82. The van der Waals surface area contributed by atoms with Gasteiger partial charge in [0, 0.05) is 18.0 Å². The van der Waals surface area contributed by atoms with Crippen LogP contribution in [-0.4, -0.2) is 15.7 Å². The maximum Gasteiger partial charge on any atom is 0.129 e. The molecule has 1 atom stereocenters. The number of aromatic nitrogens is 2. The van der Waals surface area contributed by atoms with Gasteiger partial charge in [0.1, 0.15) is 5.75 Å². The Bertz CT molecular complexity index is 517. The summed E-state index contributed by atoms with van der Waals surface area (Å²) in [5.41, 5.74) is 1.86. The van der Waals surface area contributed by atoms with Gasteiger partial charge in [0.25, 0.3) is 0 Å². The molecule has 18 heavy (non-hydrogen) atoms. The first-order chi connectivity index (χ1) is 8.72. The number of hydrogen-bond donors (Lipinski definition) is 0. The van der Waals surface area contributed by atoms with Crippen LogP contribution in [0.15, 0.2) is 49.6 Å². The molecule has 0 aliphatic rings. The zero-order valence-corrected chi connectivity index (χ0v) is 10.8. The first-order valence-corrected chi connectivity index (χ1v) is 6.15. The number of hydrogen-bond acceptors (Lipinski definition) is 2. The van der Waals surface area contributed by atoms with Gasteiger partial charge in [-0.25, -0.2) is 4.98 Å². The van der Waals surface area contributed by atoms with Gasteiger partial charge >= 0.3 is 0 Å². The molecule has 2 rings (SSSR count). The van der Waals surface area contributed by atoms with E-state index < -0.39 is 0 Å². The molecule has 0 fully saturated rings. The summed E-state index contributed by atoms with van der Waals surface area (Å²) >= 11 is 0. The zero-order chi connectivity index (χ0) is 13.0. The van der Waals surface area contributed by atoms with Gasteiger partial charge < -0.3 is 9.30 Å². The number of imidazole rings is 1. The topological polar surface area (TPSA) is 27.1 Å². The van der Waals surface area contributed by atoms with Crippen molar-refractivity contribution in [2.24, 2.45) is 0 Å². The predicted molar refractivity (Wildman–Crippen MR) is 73.5 cm³/mol. The molecule has 1 unspecified atom stereocenters. The van der Waals surface area contributed by atoms with Crippen molar-refractivity contribution >= 4 is 5.70 Å². The summed E-state index contributed by atoms with van der Waals surface area (Å²) < 4.78 is 7.81. The lowest BCUT2D eigenvalue weighted by atomic mass is 10.1. The van der Waals surface area contributed by atoms with Gasteiger partial charge in [0.05, 0.1) is 18.1 Å². The van der Waals surface area contributed by atoms with Crippen molar-refractivity contribution in [2.45, 2.75) is 26.4 Å². The monoisotopic (exact) mass is 242 g/mol. The Labute approximate surface area is 108 Å². The molecule has 0 bridgehead atoms. The molecule has 1 aromatic carbocycles. The SMILES string of the molecule is C=C(c1ccccc1OC(C)CC)n1ccnc1. The third-order valence-corrected chi connectivity index (χ3v) is 2.92. The van der Waals surface area contributed by atoms with E-state index in [1.165, 1.54) is 0 Å². The molecule has 2 aromatic rings. The van der Waals surface area contributed by atoms with Crippen molar-refractivity contribution in [3.05, 3.63) is 55.1 Å². The maximum atomic E-state index is 5.92. The highest BCUT2D eigenvalue weighted by Crippen LogP contribution is 2.27. The summed E-state index contributed by atoms with van der Waals surface area (Å²) in [4.78, 5) is 4.04. The summed E-state index contributed by atoms with van der Waals surface area (Å²) in [6.07, 6.45) is 6.53. The maximum absolute atomic E-state index is 5.92. The molecule has 0 saturated carbocycles. The Balaban J connectivity index is 2.30. The van der Waals surface area contributed by atoms with Crippen LogP contribution in [-0.2, 0) is 0 Å². The lowest BCUT2D eigenvalue weighted by molar-refractivity contribution is 0.217. The fourth-order valence-corrected chi connectivity index (χ4v) is 1.67. The number of ether oxygens (including phenoxy) is 1. The smallest absolute Gasteiger partial charge is 0.129 e. The van der Waals surface area contributed by atoms with Gasteiger partial charge in [0.2, 0.25) is 0 Å². The predicted octanol–water partition coefficient (Wildman–Crippen LogP) is 3.58. The van der Waals surface area contributed by atoms with Crippen LogP contribution in [0.2, 0.25) is 0 Å². The van der Waals surface area contributed by atoms with Crippen molar-refractivity contribution in [1.82, 2.24) is 9.55 Å². The normalized spacial score (nSPS) is 12.1.